The highest BCUT2D eigenvalue weighted by atomic mass is 79.9. The third kappa shape index (κ3) is 4.05. The first-order valence-corrected chi connectivity index (χ1v) is 10.4. The van der Waals surface area contributed by atoms with E-state index in [4.69, 9.17) is 9.72 Å². The van der Waals surface area contributed by atoms with Crippen LogP contribution in [0.2, 0.25) is 0 Å². The first kappa shape index (κ1) is 20.0. The highest BCUT2D eigenvalue weighted by molar-refractivity contribution is 9.10. The van der Waals surface area contributed by atoms with Gasteiger partial charge in [0.05, 0.1) is 18.2 Å². The van der Waals surface area contributed by atoms with Crippen molar-refractivity contribution >= 4 is 38.7 Å². The summed E-state index contributed by atoms with van der Waals surface area (Å²) in [4.78, 5) is 18.1. The Kier molecular flexibility index (Phi) is 5.77. The summed E-state index contributed by atoms with van der Waals surface area (Å²) < 4.78 is 6.22. The molecule has 3 aromatic carbocycles. The standard InChI is InChI=1S/C26H20BrNO2/c1-17-25(24(29)14-11-18-7-6-10-21(15-18)30-2)26(19-8-4-3-5-9-19)22-16-20(27)12-13-23(22)28-17/h3-16H,1-2H3/b14-11+. The minimum absolute atomic E-state index is 0.0800. The van der Waals surface area contributed by atoms with Gasteiger partial charge in [-0.3, -0.25) is 9.78 Å². The summed E-state index contributed by atoms with van der Waals surface area (Å²) in [6.45, 7) is 1.89. The number of pyridine rings is 1. The van der Waals surface area contributed by atoms with E-state index in [1.807, 2.05) is 85.8 Å². The Labute approximate surface area is 184 Å². The van der Waals surface area contributed by atoms with Gasteiger partial charge in [-0.15, -0.1) is 0 Å². The van der Waals surface area contributed by atoms with Crippen molar-refractivity contribution in [1.29, 1.82) is 0 Å². The van der Waals surface area contributed by atoms with Gasteiger partial charge in [0.25, 0.3) is 0 Å². The van der Waals surface area contributed by atoms with E-state index >= 15 is 0 Å². The second-order valence-electron chi connectivity index (χ2n) is 6.95. The third-order valence-corrected chi connectivity index (χ3v) is 5.45. The largest absolute Gasteiger partial charge is 0.497 e. The summed E-state index contributed by atoms with van der Waals surface area (Å²) in [6, 6.07) is 23.6. The third-order valence-electron chi connectivity index (χ3n) is 4.96. The predicted molar refractivity (Wildman–Crippen MR) is 126 cm³/mol. The van der Waals surface area contributed by atoms with Gasteiger partial charge in [0.2, 0.25) is 0 Å². The molecule has 4 heteroatoms. The fourth-order valence-corrected chi connectivity index (χ4v) is 3.93. The smallest absolute Gasteiger partial charge is 0.188 e. The van der Waals surface area contributed by atoms with Crippen LogP contribution in [0, 0.1) is 6.92 Å². The molecule has 0 bridgehead atoms. The molecular weight excluding hydrogens is 438 g/mol. The van der Waals surface area contributed by atoms with Crippen LogP contribution in [-0.2, 0) is 0 Å². The first-order chi connectivity index (χ1) is 14.6. The number of ketones is 1. The highest BCUT2D eigenvalue weighted by Crippen LogP contribution is 2.35. The average molecular weight is 458 g/mol. The molecule has 0 saturated heterocycles. The maximum absolute atomic E-state index is 13.3. The Hall–Kier alpha value is -3.24. The van der Waals surface area contributed by atoms with Gasteiger partial charge >= 0.3 is 0 Å². The molecule has 0 saturated carbocycles. The highest BCUT2D eigenvalue weighted by Gasteiger charge is 2.19. The van der Waals surface area contributed by atoms with Gasteiger partial charge in [-0.05, 0) is 54.5 Å². The van der Waals surface area contributed by atoms with Gasteiger partial charge in [0.15, 0.2) is 5.78 Å². The molecule has 0 N–H and O–H groups in total. The number of hydrogen-bond donors (Lipinski definition) is 0. The van der Waals surface area contributed by atoms with Gasteiger partial charge < -0.3 is 4.74 Å². The van der Waals surface area contributed by atoms with E-state index in [9.17, 15) is 4.79 Å². The molecule has 4 rings (SSSR count). The number of carbonyl (C=O) groups is 1. The number of hydrogen-bond acceptors (Lipinski definition) is 3. The summed E-state index contributed by atoms with van der Waals surface area (Å²) in [7, 11) is 1.63. The van der Waals surface area contributed by atoms with Gasteiger partial charge in [-0.25, -0.2) is 0 Å². The van der Waals surface area contributed by atoms with Crippen LogP contribution >= 0.6 is 15.9 Å². The van der Waals surface area contributed by atoms with E-state index in [1.54, 1.807) is 13.2 Å². The predicted octanol–water partition coefficient (Wildman–Crippen LogP) is 6.88. The molecule has 0 amide bonds. The minimum atomic E-state index is -0.0800. The summed E-state index contributed by atoms with van der Waals surface area (Å²) in [5.74, 6) is 0.673. The molecule has 1 heterocycles. The maximum Gasteiger partial charge on any atom is 0.188 e. The van der Waals surface area contributed by atoms with Crippen molar-refractivity contribution in [2.45, 2.75) is 6.92 Å². The van der Waals surface area contributed by atoms with Crippen molar-refractivity contribution in [2.75, 3.05) is 7.11 Å². The lowest BCUT2D eigenvalue weighted by molar-refractivity contribution is 0.104. The topological polar surface area (TPSA) is 39.2 Å². The van der Waals surface area contributed by atoms with E-state index in [0.717, 1.165) is 37.8 Å². The monoisotopic (exact) mass is 457 g/mol. The zero-order valence-corrected chi connectivity index (χ0v) is 18.3. The van der Waals surface area contributed by atoms with Gasteiger partial charge in [-0.2, -0.15) is 0 Å². The van der Waals surface area contributed by atoms with Crippen LogP contribution in [0.25, 0.3) is 28.1 Å². The number of halogens is 1. The summed E-state index contributed by atoms with van der Waals surface area (Å²) >= 11 is 3.56. The Morgan fingerprint density at radius 3 is 2.57 bits per heavy atom. The van der Waals surface area contributed by atoms with Crippen LogP contribution in [0.4, 0.5) is 0 Å². The molecule has 0 aliphatic heterocycles. The number of fused-ring (bicyclic) bond motifs is 1. The number of ether oxygens (including phenoxy) is 1. The lowest BCUT2D eigenvalue weighted by atomic mass is 9.92. The van der Waals surface area contributed by atoms with Crippen LogP contribution in [0.15, 0.2) is 83.3 Å². The van der Waals surface area contributed by atoms with Gasteiger partial charge in [0.1, 0.15) is 5.75 Å². The van der Waals surface area contributed by atoms with Crippen LogP contribution in [-0.4, -0.2) is 17.9 Å². The van der Waals surface area contributed by atoms with Gasteiger partial charge in [0, 0.05) is 21.1 Å². The zero-order valence-electron chi connectivity index (χ0n) is 16.7. The maximum atomic E-state index is 13.3. The molecule has 0 unspecified atom stereocenters. The lowest BCUT2D eigenvalue weighted by Crippen LogP contribution is -2.05. The lowest BCUT2D eigenvalue weighted by Gasteiger charge is -2.14. The molecule has 0 atom stereocenters. The van der Waals surface area contributed by atoms with Crippen LogP contribution in [0.1, 0.15) is 21.6 Å². The van der Waals surface area contributed by atoms with Crippen LogP contribution in [0.3, 0.4) is 0 Å². The first-order valence-electron chi connectivity index (χ1n) is 9.58. The molecule has 0 aliphatic carbocycles. The summed E-state index contributed by atoms with van der Waals surface area (Å²) in [6.07, 6.45) is 3.42. The van der Waals surface area contributed by atoms with E-state index in [1.165, 1.54) is 0 Å². The molecule has 0 radical (unpaired) electrons. The summed E-state index contributed by atoms with van der Waals surface area (Å²) in [5.41, 5.74) is 4.99. The normalized spacial score (nSPS) is 11.2. The summed E-state index contributed by atoms with van der Waals surface area (Å²) in [5, 5.41) is 0.944. The van der Waals surface area contributed by atoms with Crippen molar-refractivity contribution in [3.63, 3.8) is 0 Å². The Morgan fingerprint density at radius 1 is 1.00 bits per heavy atom. The molecule has 4 aromatic rings. The van der Waals surface area contributed by atoms with E-state index in [-0.39, 0.29) is 5.78 Å². The fourth-order valence-electron chi connectivity index (χ4n) is 3.56. The van der Waals surface area contributed by atoms with E-state index in [2.05, 4.69) is 15.9 Å². The minimum Gasteiger partial charge on any atom is -0.497 e. The number of allylic oxidation sites excluding steroid dienone is 1. The Bertz CT molecular complexity index is 1260. The number of benzene rings is 3. The average Bonchev–Trinajstić information content (AvgIpc) is 2.77. The number of nitrogens with zero attached hydrogens (tertiary/aromatic N) is 1. The van der Waals surface area contributed by atoms with Gasteiger partial charge in [-0.1, -0.05) is 64.5 Å². The van der Waals surface area contributed by atoms with Crippen molar-refractivity contribution in [2.24, 2.45) is 0 Å². The number of rotatable bonds is 5. The SMILES string of the molecule is COc1cccc(/C=C/C(=O)c2c(C)nc3ccc(Br)cc3c2-c2ccccc2)c1. The number of methoxy groups -OCH3 is 1. The van der Waals surface area contributed by atoms with Crippen molar-refractivity contribution in [1.82, 2.24) is 4.98 Å². The molecule has 0 fully saturated rings. The van der Waals surface area contributed by atoms with E-state index in [0.29, 0.717) is 11.3 Å². The second kappa shape index (κ2) is 8.64. The van der Waals surface area contributed by atoms with Crippen molar-refractivity contribution in [3.8, 4) is 16.9 Å². The molecule has 30 heavy (non-hydrogen) atoms. The van der Waals surface area contributed by atoms with Crippen LogP contribution in [0.5, 0.6) is 5.75 Å². The van der Waals surface area contributed by atoms with Crippen molar-refractivity contribution in [3.05, 3.63) is 100 Å². The number of carbonyl (C=O) groups excluding carboxylic acids is 1. The second-order valence-corrected chi connectivity index (χ2v) is 7.86. The van der Waals surface area contributed by atoms with E-state index < -0.39 is 0 Å². The molecule has 0 spiro atoms. The number of aryl methyl sites for hydroxylation is 1. The zero-order chi connectivity index (χ0) is 21.1. The fraction of sp³-hybridized carbons (Fsp3) is 0.0769. The molecular formula is C26H20BrNO2. The molecule has 1 aromatic heterocycles. The quantitative estimate of drug-likeness (QED) is 0.242. The van der Waals surface area contributed by atoms with Crippen molar-refractivity contribution < 1.29 is 9.53 Å². The Morgan fingerprint density at radius 2 is 1.80 bits per heavy atom. The van der Waals surface area contributed by atoms with Crippen LogP contribution < -0.4 is 4.74 Å². The molecule has 0 aliphatic rings. The molecule has 3 nitrogen and oxygen atoms in total. The molecule has 148 valence electrons. The Balaban J connectivity index is 1.88. The number of aromatic nitrogens is 1.